The lowest BCUT2D eigenvalue weighted by molar-refractivity contribution is -0.354. The SMILES string of the molecule is CCCCCC(=O)N[C@@H](c1ccccc1)[C@@H](O)C(=O)O[C@H]1CC2[C@@H](OC(=O)c3ccccc3)C3[C@@](C)([C@@H](O)C[C@H]4OC[C@@]34OC(=O)CC(C)=O)[C@@H](O)[C@H](O)C(=C1C)C2(C)C. The van der Waals surface area contributed by atoms with Crippen LogP contribution in [0.3, 0.4) is 0 Å². The first-order chi connectivity index (χ1) is 28.4. The van der Waals surface area contributed by atoms with E-state index in [1.807, 2.05) is 20.8 Å². The summed E-state index contributed by atoms with van der Waals surface area (Å²) in [6, 6.07) is 15.6. The highest BCUT2D eigenvalue weighted by Crippen LogP contribution is 2.64. The van der Waals surface area contributed by atoms with Gasteiger partial charge in [0.05, 0.1) is 36.3 Å². The lowest BCUT2D eigenvalue weighted by Gasteiger charge is -2.67. The smallest absolute Gasteiger partial charge is 0.338 e. The van der Waals surface area contributed by atoms with E-state index in [4.69, 9.17) is 18.9 Å². The Morgan fingerprint density at radius 1 is 0.917 bits per heavy atom. The van der Waals surface area contributed by atoms with Crippen molar-refractivity contribution in [1.82, 2.24) is 5.32 Å². The van der Waals surface area contributed by atoms with Gasteiger partial charge in [0.15, 0.2) is 11.7 Å². The fraction of sp³-hybridized carbons (Fsp3) is 0.587. The molecule has 2 aromatic rings. The maximum absolute atomic E-state index is 14.2. The van der Waals surface area contributed by atoms with Gasteiger partial charge in [-0.2, -0.15) is 0 Å². The predicted molar refractivity (Wildman–Crippen MR) is 216 cm³/mol. The highest BCUT2D eigenvalue weighted by Gasteiger charge is 2.75. The second kappa shape index (κ2) is 17.9. The largest absolute Gasteiger partial charge is 0.458 e. The molecule has 14 heteroatoms. The van der Waals surface area contributed by atoms with Crippen molar-refractivity contribution in [3.05, 3.63) is 82.9 Å². The van der Waals surface area contributed by atoms with Crippen molar-refractivity contribution in [3.8, 4) is 0 Å². The topological polar surface area (TPSA) is 215 Å². The molecule has 0 radical (unpaired) electrons. The molecular weight excluding hydrogens is 775 g/mol. The third-order valence-electron chi connectivity index (χ3n) is 13.6. The van der Waals surface area contributed by atoms with E-state index in [-0.39, 0.29) is 42.9 Å². The zero-order valence-electron chi connectivity index (χ0n) is 35.2. The van der Waals surface area contributed by atoms with Crippen LogP contribution in [0.4, 0.5) is 0 Å². The van der Waals surface area contributed by atoms with Crippen LogP contribution in [0.15, 0.2) is 71.8 Å². The quantitative estimate of drug-likeness (QED) is 0.0598. The fourth-order valence-corrected chi connectivity index (χ4v) is 10.4. The molecule has 5 N–H and O–H groups in total. The number of ether oxygens (including phenoxy) is 4. The molecule has 326 valence electrons. The molecule has 2 unspecified atom stereocenters. The van der Waals surface area contributed by atoms with Crippen LogP contribution >= 0.6 is 0 Å². The van der Waals surface area contributed by atoms with Crippen molar-refractivity contribution in [2.45, 2.75) is 141 Å². The van der Waals surface area contributed by atoms with Crippen molar-refractivity contribution in [3.63, 3.8) is 0 Å². The Balaban J connectivity index is 1.45. The van der Waals surface area contributed by atoms with Crippen LogP contribution in [-0.2, 0) is 38.1 Å². The summed E-state index contributed by atoms with van der Waals surface area (Å²) in [5.41, 5.74) is -3.12. The van der Waals surface area contributed by atoms with Gasteiger partial charge in [0.2, 0.25) is 5.91 Å². The highest BCUT2D eigenvalue weighted by atomic mass is 16.6. The minimum absolute atomic E-state index is 0.0403. The third kappa shape index (κ3) is 8.28. The van der Waals surface area contributed by atoms with Crippen LogP contribution in [0.5, 0.6) is 0 Å². The lowest BCUT2D eigenvalue weighted by Crippen LogP contribution is -2.80. The Morgan fingerprint density at radius 3 is 2.17 bits per heavy atom. The van der Waals surface area contributed by atoms with Gasteiger partial charge in [-0.3, -0.25) is 14.4 Å². The maximum atomic E-state index is 14.2. The molecule has 0 spiro atoms. The molecule has 1 amide bonds. The molecule has 12 atom stereocenters. The molecule has 6 rings (SSSR count). The summed E-state index contributed by atoms with van der Waals surface area (Å²) in [7, 11) is 0. The van der Waals surface area contributed by atoms with E-state index in [0.717, 1.165) is 12.8 Å². The second-order valence-electron chi connectivity index (χ2n) is 17.8. The number of aliphatic hydroxyl groups excluding tert-OH is 4. The van der Waals surface area contributed by atoms with Crippen LogP contribution in [0, 0.1) is 22.7 Å². The minimum Gasteiger partial charge on any atom is -0.458 e. The molecule has 14 nitrogen and oxygen atoms in total. The number of unbranched alkanes of at least 4 members (excludes halogenated alkanes) is 2. The molecule has 3 aliphatic carbocycles. The Bertz CT molecular complexity index is 1950. The standard InChI is InChI=1S/C46H59NO13/c1-7-8-11-20-33(50)47-36(27-16-12-9-13-17-27)38(53)43(56)58-30-22-29-39(59-42(55)28-18-14-10-15-19-28)40-45(6,41(54)37(52)35(26(30)3)44(29,4)5)31(49)23-32-46(40,24-57-32)60-34(51)21-25(2)48/h9-10,12-19,29-32,36-41,49,52-54H,7-8,11,20-24H2,1-6H3,(H,47,50)/t29?,30-,31-,32+,36-,37+,38+,39+,40?,41-,45+,46-/m0/s1. The van der Waals surface area contributed by atoms with E-state index in [9.17, 15) is 44.4 Å². The van der Waals surface area contributed by atoms with E-state index >= 15 is 0 Å². The Morgan fingerprint density at radius 2 is 1.57 bits per heavy atom. The fourth-order valence-electron chi connectivity index (χ4n) is 10.4. The number of benzene rings is 2. The molecule has 2 saturated carbocycles. The van der Waals surface area contributed by atoms with Crippen LogP contribution in [0.2, 0.25) is 0 Å². The molecule has 3 fully saturated rings. The van der Waals surface area contributed by atoms with Crippen molar-refractivity contribution in [1.29, 1.82) is 0 Å². The van der Waals surface area contributed by atoms with Gasteiger partial charge >= 0.3 is 17.9 Å². The monoisotopic (exact) mass is 833 g/mol. The summed E-state index contributed by atoms with van der Waals surface area (Å²) < 4.78 is 24.8. The first-order valence-electron chi connectivity index (χ1n) is 21.0. The van der Waals surface area contributed by atoms with Gasteiger partial charge in [-0.15, -0.1) is 0 Å². The summed E-state index contributed by atoms with van der Waals surface area (Å²) >= 11 is 0. The first kappa shape index (κ1) is 45.1. The number of hydrogen-bond acceptors (Lipinski definition) is 13. The Labute approximate surface area is 350 Å². The molecule has 0 aromatic heterocycles. The maximum Gasteiger partial charge on any atom is 0.338 e. The second-order valence-corrected chi connectivity index (χ2v) is 17.8. The van der Waals surface area contributed by atoms with Crippen molar-refractivity contribution < 1.29 is 63.3 Å². The van der Waals surface area contributed by atoms with Gasteiger partial charge in [0.25, 0.3) is 0 Å². The number of hydrogen-bond donors (Lipinski definition) is 5. The van der Waals surface area contributed by atoms with Gasteiger partial charge in [-0.1, -0.05) is 89.1 Å². The van der Waals surface area contributed by atoms with Crippen molar-refractivity contribution in [2.75, 3.05) is 6.61 Å². The summed E-state index contributed by atoms with van der Waals surface area (Å²) in [5, 5.41) is 51.3. The number of carbonyl (C=O) groups excluding carboxylic acids is 5. The van der Waals surface area contributed by atoms with Gasteiger partial charge in [-0.05, 0) is 60.9 Å². The summed E-state index contributed by atoms with van der Waals surface area (Å²) in [5.74, 6) is -5.59. The Kier molecular flexibility index (Phi) is 13.4. The van der Waals surface area contributed by atoms with Gasteiger partial charge in [0.1, 0.15) is 36.6 Å². The number of amides is 1. The molecule has 1 saturated heterocycles. The van der Waals surface area contributed by atoms with E-state index in [1.54, 1.807) is 74.5 Å². The molecule has 1 heterocycles. The van der Waals surface area contributed by atoms with Crippen LogP contribution in [0.25, 0.3) is 0 Å². The molecule has 1 aliphatic heterocycles. The van der Waals surface area contributed by atoms with Crippen molar-refractivity contribution in [2.24, 2.45) is 22.7 Å². The summed E-state index contributed by atoms with van der Waals surface area (Å²) in [4.78, 5) is 67.0. The number of fused-ring (bicyclic) bond motifs is 5. The molecule has 60 heavy (non-hydrogen) atoms. The van der Waals surface area contributed by atoms with E-state index in [1.165, 1.54) is 6.92 Å². The third-order valence-corrected chi connectivity index (χ3v) is 13.6. The molecule has 2 bridgehead atoms. The summed E-state index contributed by atoms with van der Waals surface area (Å²) in [6.45, 7) is 9.88. The van der Waals surface area contributed by atoms with E-state index < -0.39 is 107 Å². The molecule has 4 aliphatic rings. The van der Waals surface area contributed by atoms with E-state index in [2.05, 4.69) is 5.32 Å². The lowest BCUT2D eigenvalue weighted by atomic mass is 9.45. The zero-order valence-corrected chi connectivity index (χ0v) is 35.2. The number of esters is 3. The normalized spacial score (nSPS) is 32.6. The Hall–Kier alpha value is -4.47. The predicted octanol–water partition coefficient (Wildman–Crippen LogP) is 4.07. The van der Waals surface area contributed by atoms with E-state index in [0.29, 0.717) is 17.6 Å². The number of carbonyl (C=O) groups is 5. The van der Waals surface area contributed by atoms with Gasteiger partial charge in [-0.25, -0.2) is 9.59 Å². The number of rotatable bonds is 14. The van der Waals surface area contributed by atoms with Crippen LogP contribution in [-0.4, -0.2) is 105 Å². The number of ketones is 1. The molecule has 2 aromatic carbocycles. The number of aliphatic hydroxyl groups is 4. The zero-order chi connectivity index (χ0) is 43.7. The number of Topliss-reactive ketones (excluding diaryl/α,β-unsaturated/α-hetero) is 1. The average Bonchev–Trinajstić information content (AvgIpc) is 3.20. The highest BCUT2D eigenvalue weighted by molar-refractivity contribution is 5.94. The van der Waals surface area contributed by atoms with Gasteiger partial charge < -0.3 is 44.7 Å². The minimum atomic E-state index is -1.86. The van der Waals surface area contributed by atoms with Gasteiger partial charge in [0, 0.05) is 24.2 Å². The first-order valence-corrected chi connectivity index (χ1v) is 21.0. The van der Waals surface area contributed by atoms with Crippen LogP contribution in [0.1, 0.15) is 108 Å². The number of nitrogens with one attached hydrogen (secondary N) is 1. The van der Waals surface area contributed by atoms with Crippen LogP contribution < -0.4 is 5.32 Å². The summed E-state index contributed by atoms with van der Waals surface area (Å²) in [6.07, 6.45) is -8.22. The average molecular weight is 834 g/mol. The van der Waals surface area contributed by atoms with Crippen molar-refractivity contribution >= 4 is 29.6 Å². The molecular formula is C46H59NO13.